The number of anilines is 1. The van der Waals surface area contributed by atoms with Crippen LogP contribution in [0.15, 0.2) is 6.20 Å². The highest BCUT2D eigenvalue weighted by Gasteiger charge is 2.20. The number of fused-ring (bicyclic) bond motifs is 1. The minimum atomic E-state index is -0.750. The van der Waals surface area contributed by atoms with Crippen LogP contribution in [-0.4, -0.2) is 22.2 Å². The van der Waals surface area contributed by atoms with Crippen molar-refractivity contribution in [2.45, 2.75) is 39.7 Å². The number of aliphatic carboxylic acids is 1. The second kappa shape index (κ2) is 4.82. The van der Waals surface area contributed by atoms with E-state index in [1.807, 2.05) is 6.20 Å². The fraction of sp³-hybridized carbons (Fsp3) is 0.615. The quantitative estimate of drug-likeness (QED) is 0.823. The van der Waals surface area contributed by atoms with Gasteiger partial charge in [0, 0.05) is 19.3 Å². The molecule has 0 saturated carbocycles. The normalized spacial score (nSPS) is 13.8. The highest BCUT2D eigenvalue weighted by molar-refractivity contribution is 5.72. The second-order valence-corrected chi connectivity index (χ2v) is 5.10. The monoisotopic (exact) mass is 236 g/mol. The summed E-state index contributed by atoms with van der Waals surface area (Å²) in [7, 11) is 0. The summed E-state index contributed by atoms with van der Waals surface area (Å²) in [5.74, 6) is 1.03. The molecule has 4 nitrogen and oxygen atoms in total. The van der Waals surface area contributed by atoms with Crippen LogP contribution in [-0.2, 0) is 24.2 Å². The van der Waals surface area contributed by atoms with E-state index in [0.29, 0.717) is 5.92 Å². The Morgan fingerprint density at radius 3 is 3.00 bits per heavy atom. The molecule has 0 bridgehead atoms. The molecule has 0 aliphatic carbocycles. The van der Waals surface area contributed by atoms with Gasteiger partial charge in [0.15, 0.2) is 0 Å². The molecular formula is C13H20N2O2. The standard InChI is InChI=1S/C13H20N2O2/c1-9(2)3-4-11-10(7-12(16)17)8-15-6-5-14-13(11)15/h8-9,14H,3-7H2,1-2H3,(H,16,17). The van der Waals surface area contributed by atoms with E-state index >= 15 is 0 Å². The lowest BCUT2D eigenvalue weighted by atomic mass is 10.00. The van der Waals surface area contributed by atoms with Gasteiger partial charge in [0.25, 0.3) is 0 Å². The average Bonchev–Trinajstić information content (AvgIpc) is 2.74. The maximum absolute atomic E-state index is 10.9. The van der Waals surface area contributed by atoms with Crippen LogP contribution in [0.2, 0.25) is 0 Å². The highest BCUT2D eigenvalue weighted by Crippen LogP contribution is 2.28. The maximum Gasteiger partial charge on any atom is 0.307 e. The zero-order valence-corrected chi connectivity index (χ0v) is 10.5. The summed E-state index contributed by atoms with van der Waals surface area (Å²) in [6.07, 6.45) is 4.20. The summed E-state index contributed by atoms with van der Waals surface area (Å²) in [6, 6.07) is 0. The Bertz CT molecular complexity index is 421. The Hall–Kier alpha value is -1.45. The molecule has 0 spiro atoms. The van der Waals surface area contributed by atoms with Gasteiger partial charge in [-0.25, -0.2) is 0 Å². The SMILES string of the molecule is CC(C)CCc1c(CC(=O)O)cn2c1NCC2. The fourth-order valence-corrected chi connectivity index (χ4v) is 2.36. The Balaban J connectivity index is 2.22. The lowest BCUT2D eigenvalue weighted by molar-refractivity contribution is -0.136. The van der Waals surface area contributed by atoms with Crippen LogP contribution in [0.4, 0.5) is 5.82 Å². The first kappa shape index (κ1) is 12.0. The van der Waals surface area contributed by atoms with E-state index in [1.54, 1.807) is 0 Å². The molecule has 1 aliphatic heterocycles. The van der Waals surface area contributed by atoms with E-state index in [1.165, 1.54) is 5.56 Å². The molecule has 0 unspecified atom stereocenters. The number of carboxylic acid groups (broad SMARTS) is 1. The molecule has 2 heterocycles. The van der Waals surface area contributed by atoms with Crippen LogP contribution >= 0.6 is 0 Å². The van der Waals surface area contributed by atoms with Gasteiger partial charge in [-0.15, -0.1) is 0 Å². The minimum Gasteiger partial charge on any atom is -0.481 e. The van der Waals surface area contributed by atoms with Crippen molar-refractivity contribution in [2.75, 3.05) is 11.9 Å². The number of hydrogen-bond donors (Lipinski definition) is 2. The van der Waals surface area contributed by atoms with Crippen LogP contribution < -0.4 is 5.32 Å². The van der Waals surface area contributed by atoms with Gasteiger partial charge in [-0.2, -0.15) is 0 Å². The number of hydrogen-bond acceptors (Lipinski definition) is 2. The van der Waals surface area contributed by atoms with Crippen molar-refractivity contribution in [3.8, 4) is 0 Å². The van der Waals surface area contributed by atoms with Gasteiger partial charge in [-0.3, -0.25) is 4.79 Å². The summed E-state index contributed by atoms with van der Waals surface area (Å²) in [6.45, 7) is 6.29. The third-order valence-corrected chi connectivity index (χ3v) is 3.23. The molecular weight excluding hydrogens is 216 g/mol. The van der Waals surface area contributed by atoms with Gasteiger partial charge < -0.3 is 15.0 Å². The molecule has 0 aromatic carbocycles. The van der Waals surface area contributed by atoms with Crippen LogP contribution in [0.3, 0.4) is 0 Å². The lowest BCUT2D eigenvalue weighted by Crippen LogP contribution is -2.05. The van der Waals surface area contributed by atoms with Crippen LogP contribution in [0.1, 0.15) is 31.4 Å². The molecule has 1 aromatic heterocycles. The number of carboxylic acids is 1. The molecule has 4 heteroatoms. The number of aromatic nitrogens is 1. The summed E-state index contributed by atoms with van der Waals surface area (Å²) >= 11 is 0. The van der Waals surface area contributed by atoms with E-state index in [-0.39, 0.29) is 6.42 Å². The zero-order chi connectivity index (χ0) is 12.4. The number of nitrogens with one attached hydrogen (secondary N) is 1. The van der Waals surface area contributed by atoms with Gasteiger partial charge in [0.1, 0.15) is 5.82 Å². The largest absolute Gasteiger partial charge is 0.481 e. The van der Waals surface area contributed by atoms with Crippen molar-refractivity contribution >= 4 is 11.8 Å². The second-order valence-electron chi connectivity index (χ2n) is 5.10. The van der Waals surface area contributed by atoms with Gasteiger partial charge in [0.05, 0.1) is 6.42 Å². The smallest absolute Gasteiger partial charge is 0.307 e. The topological polar surface area (TPSA) is 54.3 Å². The third kappa shape index (κ3) is 2.62. The van der Waals surface area contributed by atoms with Crippen molar-refractivity contribution in [3.63, 3.8) is 0 Å². The van der Waals surface area contributed by atoms with Gasteiger partial charge >= 0.3 is 5.97 Å². The summed E-state index contributed by atoms with van der Waals surface area (Å²) in [5.41, 5.74) is 2.18. The van der Waals surface area contributed by atoms with Crippen molar-refractivity contribution in [1.29, 1.82) is 0 Å². The molecule has 94 valence electrons. The molecule has 0 atom stereocenters. The lowest BCUT2D eigenvalue weighted by Gasteiger charge is -2.08. The fourth-order valence-electron chi connectivity index (χ4n) is 2.36. The Labute approximate surface area is 102 Å². The van der Waals surface area contributed by atoms with Crippen LogP contribution in [0.5, 0.6) is 0 Å². The Morgan fingerprint density at radius 1 is 1.59 bits per heavy atom. The summed E-state index contributed by atoms with van der Waals surface area (Å²) in [4.78, 5) is 10.9. The first-order valence-electron chi connectivity index (χ1n) is 6.24. The Morgan fingerprint density at radius 2 is 2.35 bits per heavy atom. The third-order valence-electron chi connectivity index (χ3n) is 3.23. The molecule has 0 radical (unpaired) electrons. The summed E-state index contributed by atoms with van der Waals surface area (Å²) in [5, 5.41) is 12.3. The molecule has 17 heavy (non-hydrogen) atoms. The van der Waals surface area contributed by atoms with E-state index in [9.17, 15) is 4.79 Å². The van der Waals surface area contributed by atoms with E-state index in [2.05, 4.69) is 23.7 Å². The van der Waals surface area contributed by atoms with E-state index < -0.39 is 5.97 Å². The molecule has 0 saturated heterocycles. The van der Waals surface area contributed by atoms with Crippen LogP contribution in [0.25, 0.3) is 0 Å². The average molecular weight is 236 g/mol. The molecule has 2 N–H and O–H groups in total. The number of carbonyl (C=O) groups is 1. The van der Waals surface area contributed by atoms with Crippen molar-refractivity contribution < 1.29 is 9.90 Å². The molecule has 1 aromatic rings. The minimum absolute atomic E-state index is 0.134. The first-order valence-corrected chi connectivity index (χ1v) is 6.24. The van der Waals surface area contributed by atoms with Crippen molar-refractivity contribution in [3.05, 3.63) is 17.3 Å². The maximum atomic E-state index is 10.9. The summed E-state index contributed by atoms with van der Waals surface area (Å²) < 4.78 is 2.15. The van der Waals surface area contributed by atoms with E-state index in [4.69, 9.17) is 5.11 Å². The van der Waals surface area contributed by atoms with E-state index in [0.717, 1.165) is 37.3 Å². The predicted octanol–water partition coefficient (Wildman–Crippen LogP) is 2.13. The number of rotatable bonds is 5. The molecule has 2 rings (SSSR count). The first-order chi connectivity index (χ1) is 8.08. The molecule has 0 fully saturated rings. The van der Waals surface area contributed by atoms with Crippen molar-refractivity contribution in [2.24, 2.45) is 5.92 Å². The predicted molar refractivity (Wildman–Crippen MR) is 67.4 cm³/mol. The van der Waals surface area contributed by atoms with Crippen molar-refractivity contribution in [1.82, 2.24) is 4.57 Å². The van der Waals surface area contributed by atoms with Gasteiger partial charge in [-0.05, 0) is 29.9 Å². The van der Waals surface area contributed by atoms with Gasteiger partial charge in [-0.1, -0.05) is 13.8 Å². The van der Waals surface area contributed by atoms with Gasteiger partial charge in [0.2, 0.25) is 0 Å². The Kier molecular flexibility index (Phi) is 3.41. The molecule has 1 aliphatic rings. The highest BCUT2D eigenvalue weighted by atomic mass is 16.4. The zero-order valence-electron chi connectivity index (χ0n) is 10.5. The van der Waals surface area contributed by atoms with Crippen LogP contribution in [0, 0.1) is 5.92 Å². The number of nitrogens with zero attached hydrogens (tertiary/aromatic N) is 1. The molecule has 0 amide bonds.